The molecule has 32 heavy (non-hydrogen) atoms. The predicted octanol–water partition coefficient (Wildman–Crippen LogP) is 5.81. The number of hydrogen-bond donors (Lipinski definition) is 1. The Morgan fingerprint density at radius 3 is 2.19 bits per heavy atom. The number of benzene rings is 2. The molecule has 0 unspecified atom stereocenters. The first-order valence-electron chi connectivity index (χ1n) is 10.3. The van der Waals surface area contributed by atoms with Crippen molar-refractivity contribution in [3.63, 3.8) is 0 Å². The molecule has 0 saturated carbocycles. The molecule has 1 aromatic heterocycles. The van der Waals surface area contributed by atoms with Crippen LogP contribution in [0.5, 0.6) is 17.2 Å². The summed E-state index contributed by atoms with van der Waals surface area (Å²) in [7, 11) is 1.58. The minimum atomic E-state index is -0.253. The summed E-state index contributed by atoms with van der Waals surface area (Å²) >= 11 is 1.43. The fourth-order valence-electron chi connectivity index (χ4n) is 3.00. The normalized spacial score (nSPS) is 10.4. The Morgan fingerprint density at radius 2 is 1.53 bits per heavy atom. The molecule has 0 radical (unpaired) electrons. The van der Waals surface area contributed by atoms with E-state index in [4.69, 9.17) is 9.47 Å². The van der Waals surface area contributed by atoms with E-state index in [1.54, 1.807) is 43.5 Å². The Balaban J connectivity index is 1.41. The van der Waals surface area contributed by atoms with Gasteiger partial charge in [-0.15, -0.1) is 11.3 Å². The second-order valence-electron chi connectivity index (χ2n) is 7.20. The van der Waals surface area contributed by atoms with E-state index in [9.17, 15) is 14.4 Å². The first-order chi connectivity index (χ1) is 15.4. The quantitative estimate of drug-likeness (QED) is 0.372. The van der Waals surface area contributed by atoms with Gasteiger partial charge in [0.2, 0.25) is 5.91 Å². The number of nitrogens with one attached hydrogen (secondary N) is 1. The second kappa shape index (κ2) is 11.2. The molecule has 3 aromatic rings. The molecule has 1 heterocycles. The number of amides is 1. The van der Waals surface area contributed by atoms with Crippen LogP contribution in [0.2, 0.25) is 0 Å². The van der Waals surface area contributed by atoms with Gasteiger partial charge in [0.05, 0.1) is 12.0 Å². The molecular weight excluding hydrogens is 426 g/mol. The van der Waals surface area contributed by atoms with Gasteiger partial charge in [0.1, 0.15) is 11.5 Å². The van der Waals surface area contributed by atoms with Gasteiger partial charge in [-0.3, -0.25) is 14.4 Å². The number of ether oxygens (including phenoxy) is 2. The summed E-state index contributed by atoms with van der Waals surface area (Å²) in [6.07, 6.45) is 0.508. The highest BCUT2D eigenvalue weighted by molar-refractivity contribution is 7.14. The summed E-state index contributed by atoms with van der Waals surface area (Å²) in [5, 5.41) is 2.77. The average molecular weight is 452 g/mol. The summed E-state index contributed by atoms with van der Waals surface area (Å²) in [6.45, 7) is 1.94. The lowest BCUT2D eigenvalue weighted by Crippen LogP contribution is -2.13. The molecule has 0 aliphatic heterocycles. The largest absolute Gasteiger partial charge is 0.493 e. The molecule has 0 aliphatic rings. The Labute approximate surface area is 191 Å². The Hall–Kier alpha value is -3.45. The molecule has 6 nitrogen and oxygen atoms in total. The fourth-order valence-corrected chi connectivity index (χ4v) is 3.83. The SMILES string of the molecule is COc1ccccc1Oc1ccc(NC(=O)CCC(=O)CCC(=O)c2ccc(C)s2)cc1. The van der Waals surface area contributed by atoms with Crippen LogP contribution in [-0.2, 0) is 9.59 Å². The van der Waals surface area contributed by atoms with Gasteiger partial charge in [0, 0.05) is 36.2 Å². The monoisotopic (exact) mass is 451 g/mol. The van der Waals surface area contributed by atoms with E-state index in [0.29, 0.717) is 27.8 Å². The molecule has 2 aromatic carbocycles. The van der Waals surface area contributed by atoms with Crippen molar-refractivity contribution in [2.45, 2.75) is 32.6 Å². The number of rotatable bonds is 11. The number of hydrogen-bond acceptors (Lipinski definition) is 6. The van der Waals surface area contributed by atoms with Gasteiger partial charge < -0.3 is 14.8 Å². The van der Waals surface area contributed by atoms with E-state index < -0.39 is 0 Å². The zero-order valence-corrected chi connectivity index (χ0v) is 18.9. The van der Waals surface area contributed by atoms with Crippen molar-refractivity contribution >= 4 is 34.5 Å². The van der Waals surface area contributed by atoms with E-state index in [1.807, 2.05) is 31.2 Å². The maximum Gasteiger partial charge on any atom is 0.224 e. The molecule has 3 rings (SSSR count). The minimum absolute atomic E-state index is 0.0312. The highest BCUT2D eigenvalue weighted by atomic mass is 32.1. The summed E-state index contributed by atoms with van der Waals surface area (Å²) in [5.41, 5.74) is 0.609. The van der Waals surface area contributed by atoms with Crippen molar-refractivity contribution in [2.75, 3.05) is 12.4 Å². The molecule has 1 N–H and O–H groups in total. The van der Waals surface area contributed by atoms with Crippen molar-refractivity contribution in [3.05, 3.63) is 70.4 Å². The van der Waals surface area contributed by atoms with Crippen LogP contribution in [-0.4, -0.2) is 24.6 Å². The Kier molecular flexibility index (Phi) is 8.16. The molecule has 0 fully saturated rings. The fraction of sp³-hybridized carbons (Fsp3) is 0.240. The third-order valence-electron chi connectivity index (χ3n) is 4.71. The summed E-state index contributed by atoms with van der Waals surface area (Å²) in [6, 6.07) is 17.9. The zero-order chi connectivity index (χ0) is 22.9. The van der Waals surface area contributed by atoms with Crippen molar-refractivity contribution in [2.24, 2.45) is 0 Å². The molecule has 0 bridgehead atoms. The van der Waals surface area contributed by atoms with Gasteiger partial charge in [-0.25, -0.2) is 0 Å². The van der Waals surface area contributed by atoms with Gasteiger partial charge in [0.25, 0.3) is 0 Å². The molecule has 0 aliphatic carbocycles. The molecule has 0 saturated heterocycles. The van der Waals surface area contributed by atoms with E-state index in [-0.39, 0.29) is 43.2 Å². The van der Waals surface area contributed by atoms with Crippen molar-refractivity contribution in [1.29, 1.82) is 0 Å². The van der Waals surface area contributed by atoms with Gasteiger partial charge in [-0.2, -0.15) is 0 Å². The smallest absolute Gasteiger partial charge is 0.224 e. The summed E-state index contributed by atoms with van der Waals surface area (Å²) in [4.78, 5) is 38.0. The molecule has 0 spiro atoms. The maximum atomic E-state index is 12.2. The first-order valence-corrected chi connectivity index (χ1v) is 11.1. The minimum Gasteiger partial charge on any atom is -0.493 e. The number of aryl methyl sites for hydroxylation is 1. The van der Waals surface area contributed by atoms with Crippen LogP contribution in [0.1, 0.15) is 40.2 Å². The number of ketones is 2. The first kappa shape index (κ1) is 23.2. The molecule has 1 amide bonds. The van der Waals surface area contributed by atoms with Gasteiger partial charge >= 0.3 is 0 Å². The van der Waals surface area contributed by atoms with Gasteiger partial charge in [-0.05, 0) is 55.5 Å². The molecule has 0 atom stereocenters. The van der Waals surface area contributed by atoms with Crippen LogP contribution < -0.4 is 14.8 Å². The van der Waals surface area contributed by atoms with Crippen molar-refractivity contribution < 1.29 is 23.9 Å². The Bertz CT molecular complexity index is 1090. The molecule has 166 valence electrons. The topological polar surface area (TPSA) is 81.7 Å². The lowest BCUT2D eigenvalue weighted by Gasteiger charge is -2.10. The van der Waals surface area contributed by atoms with E-state index >= 15 is 0 Å². The van der Waals surface area contributed by atoms with Crippen molar-refractivity contribution in [1.82, 2.24) is 0 Å². The third kappa shape index (κ3) is 6.78. The number of carbonyl (C=O) groups is 3. The van der Waals surface area contributed by atoms with Gasteiger partial charge in [-0.1, -0.05) is 12.1 Å². The van der Waals surface area contributed by atoms with Crippen LogP contribution in [0.4, 0.5) is 5.69 Å². The standard InChI is InChI=1S/C25H25NO5S/c1-17-7-15-24(32-17)21(28)14-10-19(27)11-16-25(29)26-18-8-12-20(13-9-18)31-23-6-4-3-5-22(23)30-2/h3-9,12-13,15H,10-11,14,16H2,1-2H3,(H,26,29). The van der Waals surface area contributed by atoms with Crippen LogP contribution in [0.15, 0.2) is 60.7 Å². The Morgan fingerprint density at radius 1 is 0.844 bits per heavy atom. The van der Waals surface area contributed by atoms with E-state index in [2.05, 4.69) is 5.32 Å². The lowest BCUT2D eigenvalue weighted by atomic mass is 10.1. The van der Waals surface area contributed by atoms with Crippen LogP contribution in [0.25, 0.3) is 0 Å². The zero-order valence-electron chi connectivity index (χ0n) is 18.1. The average Bonchev–Trinajstić information content (AvgIpc) is 3.24. The third-order valence-corrected chi connectivity index (χ3v) is 5.75. The number of anilines is 1. The number of Topliss-reactive ketones (excluding diaryl/α,β-unsaturated/α-hetero) is 2. The van der Waals surface area contributed by atoms with Crippen molar-refractivity contribution in [3.8, 4) is 17.2 Å². The number of para-hydroxylation sites is 2. The predicted molar refractivity (Wildman–Crippen MR) is 125 cm³/mol. The molecular formula is C25H25NO5S. The highest BCUT2D eigenvalue weighted by Gasteiger charge is 2.13. The van der Waals surface area contributed by atoms with Crippen LogP contribution >= 0.6 is 11.3 Å². The highest BCUT2D eigenvalue weighted by Crippen LogP contribution is 2.31. The maximum absolute atomic E-state index is 12.2. The number of methoxy groups -OCH3 is 1. The molecule has 7 heteroatoms. The summed E-state index contributed by atoms with van der Waals surface area (Å²) in [5.74, 6) is 1.45. The second-order valence-corrected chi connectivity index (χ2v) is 8.49. The van der Waals surface area contributed by atoms with Gasteiger partial charge in [0.15, 0.2) is 17.3 Å². The van der Waals surface area contributed by atoms with Crippen LogP contribution in [0, 0.1) is 6.92 Å². The lowest BCUT2D eigenvalue weighted by molar-refractivity contribution is -0.122. The van der Waals surface area contributed by atoms with Crippen LogP contribution in [0.3, 0.4) is 0 Å². The van der Waals surface area contributed by atoms with E-state index in [0.717, 1.165) is 4.88 Å². The number of carbonyl (C=O) groups excluding carboxylic acids is 3. The summed E-state index contributed by atoms with van der Waals surface area (Å²) < 4.78 is 11.1. The van der Waals surface area contributed by atoms with E-state index in [1.165, 1.54) is 11.3 Å². The number of thiophene rings is 1.